The van der Waals surface area contributed by atoms with Crippen molar-refractivity contribution in [1.82, 2.24) is 15.3 Å². The van der Waals surface area contributed by atoms with Crippen LogP contribution in [0.3, 0.4) is 0 Å². The average molecular weight is 425 g/mol. The molecule has 7 heteroatoms. The summed E-state index contributed by atoms with van der Waals surface area (Å²) in [4.78, 5) is 20.2. The summed E-state index contributed by atoms with van der Waals surface area (Å²) in [6.45, 7) is 0.253. The van der Waals surface area contributed by atoms with Crippen LogP contribution in [0, 0.1) is 5.82 Å². The van der Waals surface area contributed by atoms with Crippen LogP contribution >= 0.6 is 12.4 Å². The van der Waals surface area contributed by atoms with Gasteiger partial charge in [-0.05, 0) is 36.2 Å². The van der Waals surface area contributed by atoms with Crippen LogP contribution in [0.4, 0.5) is 10.1 Å². The number of aromatic nitrogens is 2. The number of nitrogens with zero attached hydrogens (tertiary/aromatic N) is 1. The highest BCUT2D eigenvalue weighted by Crippen LogP contribution is 2.20. The van der Waals surface area contributed by atoms with E-state index >= 15 is 0 Å². The molecule has 2 aromatic heterocycles. The fraction of sp³-hybridized carbons (Fsp3) is 0.130. The number of amides is 1. The number of carbonyl (C=O) groups excluding carboxylic acids is 1. The lowest BCUT2D eigenvalue weighted by Gasteiger charge is -2.19. The third-order valence-electron chi connectivity index (χ3n) is 4.86. The van der Waals surface area contributed by atoms with E-state index in [4.69, 9.17) is 0 Å². The molecule has 0 aliphatic heterocycles. The maximum Gasteiger partial charge on any atom is 0.241 e. The molecule has 2 aromatic carbocycles. The predicted octanol–water partition coefficient (Wildman–Crippen LogP) is 4.46. The van der Waals surface area contributed by atoms with Gasteiger partial charge in [-0.2, -0.15) is 0 Å². The number of benzene rings is 2. The highest BCUT2D eigenvalue weighted by molar-refractivity contribution is 5.95. The van der Waals surface area contributed by atoms with Crippen LogP contribution in [0.2, 0.25) is 0 Å². The molecule has 5 nitrogen and oxygen atoms in total. The molecule has 30 heavy (non-hydrogen) atoms. The maximum atomic E-state index is 14.0. The molecule has 0 radical (unpaired) electrons. The second-order valence-electron chi connectivity index (χ2n) is 6.81. The van der Waals surface area contributed by atoms with Gasteiger partial charge in [-0.3, -0.25) is 9.78 Å². The van der Waals surface area contributed by atoms with Crippen LogP contribution in [0.15, 0.2) is 79.3 Å². The molecule has 0 aliphatic rings. The fourth-order valence-electron chi connectivity index (χ4n) is 3.32. The van der Waals surface area contributed by atoms with Crippen molar-refractivity contribution >= 4 is 34.9 Å². The van der Waals surface area contributed by atoms with E-state index in [2.05, 4.69) is 20.6 Å². The number of pyridine rings is 1. The van der Waals surface area contributed by atoms with Crippen LogP contribution in [0.1, 0.15) is 11.1 Å². The Kier molecular flexibility index (Phi) is 7.17. The Morgan fingerprint density at radius 1 is 1.00 bits per heavy atom. The van der Waals surface area contributed by atoms with Crippen LogP contribution in [-0.2, 0) is 17.8 Å². The van der Waals surface area contributed by atoms with Gasteiger partial charge in [0.25, 0.3) is 0 Å². The predicted molar refractivity (Wildman–Crippen MR) is 119 cm³/mol. The van der Waals surface area contributed by atoms with Gasteiger partial charge in [-0.1, -0.05) is 36.4 Å². The molecule has 4 rings (SSSR count). The first kappa shape index (κ1) is 21.5. The second kappa shape index (κ2) is 10.0. The van der Waals surface area contributed by atoms with Crippen molar-refractivity contribution in [3.8, 4) is 0 Å². The van der Waals surface area contributed by atoms with Crippen molar-refractivity contribution in [2.45, 2.75) is 19.0 Å². The minimum Gasteiger partial charge on any atom is -0.361 e. The number of hydrogen-bond donors (Lipinski definition) is 3. The van der Waals surface area contributed by atoms with Gasteiger partial charge in [0.05, 0.1) is 6.04 Å². The number of hydrogen-bond acceptors (Lipinski definition) is 3. The number of rotatable bonds is 7. The van der Waals surface area contributed by atoms with Gasteiger partial charge in [-0.25, -0.2) is 4.39 Å². The molecule has 0 saturated carbocycles. The summed E-state index contributed by atoms with van der Waals surface area (Å²) < 4.78 is 14.0. The number of H-pyrrole nitrogens is 1. The second-order valence-corrected chi connectivity index (χ2v) is 6.81. The summed E-state index contributed by atoms with van der Waals surface area (Å²) in [5.74, 6) is -0.474. The summed E-state index contributed by atoms with van der Waals surface area (Å²) in [5.41, 5.74) is 3.23. The van der Waals surface area contributed by atoms with E-state index < -0.39 is 6.04 Å². The molecule has 4 aromatic rings. The smallest absolute Gasteiger partial charge is 0.241 e. The third-order valence-corrected chi connectivity index (χ3v) is 4.86. The highest BCUT2D eigenvalue weighted by Gasteiger charge is 2.21. The number of fused-ring (bicyclic) bond motifs is 1. The van der Waals surface area contributed by atoms with Crippen LogP contribution < -0.4 is 10.6 Å². The molecule has 1 amide bonds. The van der Waals surface area contributed by atoms with Crippen molar-refractivity contribution in [3.63, 3.8) is 0 Å². The van der Waals surface area contributed by atoms with Gasteiger partial charge in [0.15, 0.2) is 0 Å². The molecule has 2 heterocycles. The minimum absolute atomic E-state index is 0. The molecule has 0 saturated heterocycles. The van der Waals surface area contributed by atoms with Crippen molar-refractivity contribution in [2.75, 3.05) is 5.32 Å². The molecule has 0 bridgehead atoms. The standard InChI is InChI=1S/C23H21FN4O.ClH/c24-20-7-3-1-5-16(20)14-27-22(23(29)28-18-9-11-25-12-10-18)13-17-15-26-21-8-4-2-6-19(17)21;/h1-12,15,22,26-27H,13-14H2,(H,25,28,29);1H/t22-;/m0./s1. The van der Waals surface area contributed by atoms with E-state index in [1.807, 2.05) is 30.5 Å². The quantitative estimate of drug-likeness (QED) is 0.410. The van der Waals surface area contributed by atoms with Crippen LogP contribution in [0.5, 0.6) is 0 Å². The lowest BCUT2D eigenvalue weighted by Crippen LogP contribution is -2.42. The van der Waals surface area contributed by atoms with Crippen molar-refractivity contribution in [3.05, 3.63) is 96.2 Å². The molecule has 154 valence electrons. The highest BCUT2D eigenvalue weighted by atomic mass is 35.5. The molecule has 0 unspecified atom stereocenters. The van der Waals surface area contributed by atoms with E-state index in [1.54, 1.807) is 42.7 Å². The lowest BCUT2D eigenvalue weighted by molar-refractivity contribution is -0.118. The SMILES string of the molecule is Cl.O=C(Nc1ccncc1)[C@H](Cc1c[nH]c2ccccc12)NCc1ccccc1F. The van der Waals surface area contributed by atoms with Gasteiger partial charge in [0.2, 0.25) is 5.91 Å². The van der Waals surface area contributed by atoms with Crippen LogP contribution in [-0.4, -0.2) is 21.9 Å². The number of aromatic amines is 1. The van der Waals surface area contributed by atoms with Crippen molar-refractivity contribution in [1.29, 1.82) is 0 Å². The van der Waals surface area contributed by atoms with Gasteiger partial charge >= 0.3 is 0 Å². The van der Waals surface area contributed by atoms with E-state index in [0.29, 0.717) is 17.7 Å². The summed E-state index contributed by atoms with van der Waals surface area (Å²) in [6.07, 6.45) is 5.63. The Bertz CT molecular complexity index is 1120. The Hall–Kier alpha value is -3.22. The fourth-order valence-corrected chi connectivity index (χ4v) is 3.32. The van der Waals surface area contributed by atoms with Gasteiger partial charge < -0.3 is 15.6 Å². The number of carbonyl (C=O) groups is 1. The maximum absolute atomic E-state index is 14.0. The molecule has 3 N–H and O–H groups in total. The summed E-state index contributed by atoms with van der Waals surface area (Å²) >= 11 is 0. The van der Waals surface area contributed by atoms with Gasteiger partial charge in [0.1, 0.15) is 5.82 Å². The van der Waals surface area contributed by atoms with Gasteiger partial charge in [0, 0.05) is 47.3 Å². The summed E-state index contributed by atoms with van der Waals surface area (Å²) in [5, 5.41) is 7.20. The molecule has 0 fully saturated rings. The van der Waals surface area contributed by atoms with Crippen LogP contribution in [0.25, 0.3) is 10.9 Å². The summed E-state index contributed by atoms with van der Waals surface area (Å²) in [7, 11) is 0. The van der Waals surface area contributed by atoms with E-state index in [1.165, 1.54) is 6.07 Å². The molecular formula is C23H22ClFN4O. The molecule has 1 atom stereocenters. The molecule has 0 aliphatic carbocycles. The first-order valence-corrected chi connectivity index (χ1v) is 9.43. The molecular weight excluding hydrogens is 403 g/mol. The Morgan fingerprint density at radius 3 is 2.53 bits per heavy atom. The largest absolute Gasteiger partial charge is 0.361 e. The van der Waals surface area contributed by atoms with Crippen molar-refractivity contribution in [2.24, 2.45) is 0 Å². The Morgan fingerprint density at radius 2 is 1.73 bits per heavy atom. The third kappa shape index (κ3) is 5.03. The molecule has 0 spiro atoms. The van der Waals surface area contributed by atoms with E-state index in [9.17, 15) is 9.18 Å². The zero-order valence-corrected chi connectivity index (χ0v) is 17.0. The van der Waals surface area contributed by atoms with Crippen molar-refractivity contribution < 1.29 is 9.18 Å². The minimum atomic E-state index is -0.540. The normalized spacial score (nSPS) is 11.6. The lowest BCUT2D eigenvalue weighted by atomic mass is 10.0. The van der Waals surface area contributed by atoms with E-state index in [-0.39, 0.29) is 30.7 Å². The Balaban J connectivity index is 0.00000256. The first-order valence-electron chi connectivity index (χ1n) is 9.43. The number of anilines is 1. The Labute approximate surface area is 180 Å². The van der Waals surface area contributed by atoms with E-state index in [0.717, 1.165) is 16.5 Å². The summed E-state index contributed by atoms with van der Waals surface area (Å²) in [6, 6.07) is 17.5. The monoisotopic (exact) mass is 424 g/mol. The number of para-hydroxylation sites is 1. The number of halogens is 2. The zero-order chi connectivity index (χ0) is 20.1. The topological polar surface area (TPSA) is 69.8 Å². The number of nitrogens with one attached hydrogen (secondary N) is 3. The van der Waals surface area contributed by atoms with Gasteiger partial charge in [-0.15, -0.1) is 12.4 Å². The zero-order valence-electron chi connectivity index (χ0n) is 16.1. The average Bonchev–Trinajstić information content (AvgIpc) is 3.16. The first-order chi connectivity index (χ1) is 14.2.